The van der Waals surface area contributed by atoms with Gasteiger partial charge in [-0.05, 0) is 26.0 Å². The summed E-state index contributed by atoms with van der Waals surface area (Å²) in [6.07, 6.45) is 1.30. The molecule has 4 nitrogen and oxygen atoms in total. The first-order valence-electron chi connectivity index (χ1n) is 4.87. The second-order valence-electron chi connectivity index (χ2n) is 3.73. The van der Waals surface area contributed by atoms with Crippen molar-refractivity contribution in [2.75, 3.05) is 4.90 Å². The molecular weight excluding hydrogens is 206 g/mol. The number of carbonyl (C=O) groups is 2. The second-order valence-corrected chi connectivity index (χ2v) is 3.73. The standard InChI is InChI=1S/C12H11NO3/c1-7-6-11(15)13(12(7)16)9-4-3-5-10(14)8(9)2/h3-6,14H,1-2H3. The van der Waals surface area contributed by atoms with E-state index >= 15 is 0 Å². The van der Waals surface area contributed by atoms with E-state index in [1.54, 1.807) is 26.0 Å². The Hall–Kier alpha value is -2.10. The van der Waals surface area contributed by atoms with Gasteiger partial charge in [0.05, 0.1) is 5.69 Å². The molecular formula is C12H11NO3. The number of nitrogens with zero attached hydrogens (tertiary/aromatic N) is 1. The van der Waals surface area contributed by atoms with Gasteiger partial charge in [0, 0.05) is 17.2 Å². The summed E-state index contributed by atoms with van der Waals surface area (Å²) in [7, 11) is 0. The Balaban J connectivity index is 2.51. The molecule has 1 aromatic carbocycles. The molecule has 1 aromatic rings. The molecule has 0 bridgehead atoms. The molecule has 2 rings (SSSR count). The van der Waals surface area contributed by atoms with E-state index in [2.05, 4.69) is 0 Å². The highest BCUT2D eigenvalue weighted by Gasteiger charge is 2.30. The number of carbonyl (C=O) groups excluding carboxylic acids is 2. The van der Waals surface area contributed by atoms with E-state index in [4.69, 9.17) is 0 Å². The minimum atomic E-state index is -0.365. The fraction of sp³-hybridized carbons (Fsp3) is 0.167. The van der Waals surface area contributed by atoms with Gasteiger partial charge in [0.25, 0.3) is 11.8 Å². The first-order chi connectivity index (χ1) is 7.52. The van der Waals surface area contributed by atoms with E-state index in [0.29, 0.717) is 16.8 Å². The zero-order valence-corrected chi connectivity index (χ0v) is 9.02. The van der Waals surface area contributed by atoms with E-state index in [9.17, 15) is 14.7 Å². The van der Waals surface area contributed by atoms with Gasteiger partial charge >= 0.3 is 0 Å². The molecule has 0 aliphatic carbocycles. The van der Waals surface area contributed by atoms with Crippen molar-refractivity contribution in [1.82, 2.24) is 0 Å². The van der Waals surface area contributed by atoms with Crippen molar-refractivity contribution in [3.8, 4) is 5.75 Å². The molecule has 16 heavy (non-hydrogen) atoms. The number of hydrogen-bond donors (Lipinski definition) is 1. The third-order valence-corrected chi connectivity index (χ3v) is 2.62. The average molecular weight is 217 g/mol. The van der Waals surface area contributed by atoms with E-state index in [0.717, 1.165) is 4.90 Å². The first kappa shape index (κ1) is 10.4. The maximum absolute atomic E-state index is 11.7. The van der Waals surface area contributed by atoms with Gasteiger partial charge in [-0.25, -0.2) is 4.90 Å². The van der Waals surface area contributed by atoms with Crippen LogP contribution in [0.2, 0.25) is 0 Å². The van der Waals surface area contributed by atoms with Crippen molar-refractivity contribution in [3.05, 3.63) is 35.4 Å². The maximum Gasteiger partial charge on any atom is 0.261 e. The lowest BCUT2D eigenvalue weighted by Gasteiger charge is -2.17. The lowest BCUT2D eigenvalue weighted by Crippen LogP contribution is -2.31. The molecule has 2 amide bonds. The predicted octanol–water partition coefficient (Wildman–Crippen LogP) is 1.52. The Morgan fingerprint density at radius 3 is 2.44 bits per heavy atom. The van der Waals surface area contributed by atoms with E-state index in [1.807, 2.05) is 0 Å². The molecule has 0 saturated carbocycles. The van der Waals surface area contributed by atoms with Crippen molar-refractivity contribution in [2.24, 2.45) is 0 Å². The number of imide groups is 1. The number of benzene rings is 1. The fourth-order valence-electron chi connectivity index (χ4n) is 1.67. The zero-order valence-electron chi connectivity index (χ0n) is 9.02. The first-order valence-corrected chi connectivity index (χ1v) is 4.87. The van der Waals surface area contributed by atoms with Crippen LogP contribution in [0.5, 0.6) is 5.75 Å². The Bertz CT molecular complexity index is 517. The summed E-state index contributed by atoms with van der Waals surface area (Å²) in [6, 6.07) is 4.76. The van der Waals surface area contributed by atoms with Crippen molar-refractivity contribution < 1.29 is 14.7 Å². The summed E-state index contributed by atoms with van der Waals surface area (Å²) >= 11 is 0. The summed E-state index contributed by atoms with van der Waals surface area (Å²) in [6.45, 7) is 3.26. The number of aromatic hydroxyl groups is 1. The highest BCUT2D eigenvalue weighted by molar-refractivity contribution is 6.30. The van der Waals surface area contributed by atoms with E-state index in [1.165, 1.54) is 12.1 Å². The van der Waals surface area contributed by atoms with Crippen LogP contribution >= 0.6 is 0 Å². The molecule has 0 atom stereocenters. The van der Waals surface area contributed by atoms with Gasteiger partial charge in [-0.15, -0.1) is 0 Å². The van der Waals surface area contributed by atoms with Crippen molar-refractivity contribution in [3.63, 3.8) is 0 Å². The molecule has 4 heteroatoms. The smallest absolute Gasteiger partial charge is 0.261 e. The van der Waals surface area contributed by atoms with Crippen LogP contribution in [-0.2, 0) is 9.59 Å². The Morgan fingerprint density at radius 2 is 1.88 bits per heavy atom. The van der Waals surface area contributed by atoms with E-state index < -0.39 is 0 Å². The molecule has 1 aliphatic heterocycles. The highest BCUT2D eigenvalue weighted by atomic mass is 16.3. The van der Waals surface area contributed by atoms with Gasteiger partial charge in [0.15, 0.2) is 0 Å². The van der Waals surface area contributed by atoms with Crippen LogP contribution in [0.15, 0.2) is 29.8 Å². The molecule has 82 valence electrons. The number of hydrogen-bond acceptors (Lipinski definition) is 3. The summed E-state index contributed by atoms with van der Waals surface area (Å²) < 4.78 is 0. The van der Waals surface area contributed by atoms with Crippen LogP contribution in [0.1, 0.15) is 12.5 Å². The van der Waals surface area contributed by atoms with Crippen molar-refractivity contribution in [1.29, 1.82) is 0 Å². The molecule has 0 aromatic heterocycles. The molecule has 0 saturated heterocycles. The monoisotopic (exact) mass is 217 g/mol. The van der Waals surface area contributed by atoms with Gasteiger partial charge in [-0.3, -0.25) is 9.59 Å². The van der Waals surface area contributed by atoms with Gasteiger partial charge in [0.2, 0.25) is 0 Å². The molecule has 0 radical (unpaired) electrons. The number of phenolic OH excluding ortho intramolecular Hbond substituents is 1. The quantitative estimate of drug-likeness (QED) is 0.725. The lowest BCUT2D eigenvalue weighted by atomic mass is 10.1. The Labute approximate surface area is 92.8 Å². The molecule has 1 heterocycles. The minimum absolute atomic E-state index is 0.0719. The summed E-state index contributed by atoms with van der Waals surface area (Å²) in [5.41, 5.74) is 1.36. The van der Waals surface area contributed by atoms with Crippen LogP contribution in [0.25, 0.3) is 0 Å². The summed E-state index contributed by atoms with van der Waals surface area (Å²) in [5.74, 6) is -0.627. The summed E-state index contributed by atoms with van der Waals surface area (Å²) in [5, 5.41) is 9.53. The fourth-order valence-corrected chi connectivity index (χ4v) is 1.67. The number of phenols is 1. The predicted molar refractivity (Wildman–Crippen MR) is 59.1 cm³/mol. The van der Waals surface area contributed by atoms with Crippen molar-refractivity contribution in [2.45, 2.75) is 13.8 Å². The normalized spacial score (nSPS) is 15.6. The molecule has 0 fully saturated rings. The minimum Gasteiger partial charge on any atom is -0.508 e. The zero-order chi connectivity index (χ0) is 11.9. The Kier molecular flexibility index (Phi) is 2.27. The third-order valence-electron chi connectivity index (χ3n) is 2.62. The highest BCUT2D eigenvalue weighted by Crippen LogP contribution is 2.30. The average Bonchev–Trinajstić information content (AvgIpc) is 2.47. The van der Waals surface area contributed by atoms with Crippen molar-refractivity contribution >= 4 is 17.5 Å². The number of rotatable bonds is 1. The number of amides is 2. The Morgan fingerprint density at radius 1 is 1.19 bits per heavy atom. The van der Waals surface area contributed by atoms with Crippen LogP contribution < -0.4 is 4.90 Å². The van der Waals surface area contributed by atoms with Crippen LogP contribution in [0, 0.1) is 6.92 Å². The second kappa shape index (κ2) is 3.48. The third kappa shape index (κ3) is 1.39. The van der Waals surface area contributed by atoms with Crippen LogP contribution in [0.3, 0.4) is 0 Å². The largest absolute Gasteiger partial charge is 0.508 e. The van der Waals surface area contributed by atoms with Gasteiger partial charge in [0.1, 0.15) is 5.75 Å². The molecule has 1 aliphatic rings. The SMILES string of the molecule is CC1=CC(=O)N(c2cccc(O)c2C)C1=O. The van der Waals surface area contributed by atoms with Crippen LogP contribution in [0.4, 0.5) is 5.69 Å². The lowest BCUT2D eigenvalue weighted by molar-refractivity contribution is -0.120. The molecule has 0 spiro atoms. The van der Waals surface area contributed by atoms with Gasteiger partial charge in [-0.2, -0.15) is 0 Å². The van der Waals surface area contributed by atoms with Gasteiger partial charge in [-0.1, -0.05) is 6.07 Å². The molecule has 1 N–H and O–H groups in total. The molecule has 0 unspecified atom stereocenters. The summed E-state index contributed by atoms with van der Waals surface area (Å²) in [4.78, 5) is 24.4. The maximum atomic E-state index is 11.7. The van der Waals surface area contributed by atoms with Crippen LogP contribution in [-0.4, -0.2) is 16.9 Å². The topological polar surface area (TPSA) is 57.6 Å². The van der Waals surface area contributed by atoms with E-state index in [-0.39, 0.29) is 17.6 Å². The van der Waals surface area contributed by atoms with Gasteiger partial charge < -0.3 is 5.11 Å². The number of anilines is 1.